The monoisotopic (exact) mass is 343 g/mol. The lowest BCUT2D eigenvalue weighted by Gasteiger charge is -2.12. The van der Waals surface area contributed by atoms with Gasteiger partial charge in [0.1, 0.15) is 18.1 Å². The average molecular weight is 343 g/mol. The van der Waals surface area contributed by atoms with Gasteiger partial charge in [-0.25, -0.2) is 0 Å². The number of rotatable bonds is 8. The first-order valence-electron chi connectivity index (χ1n) is 7.57. The van der Waals surface area contributed by atoms with Crippen LogP contribution in [0.1, 0.15) is 10.4 Å². The number of amides is 1. The third kappa shape index (κ3) is 4.67. The molecule has 0 bridgehead atoms. The Labute approximate surface area is 147 Å². The van der Waals surface area contributed by atoms with Crippen LogP contribution in [0.5, 0.6) is 23.0 Å². The molecule has 1 N–H and O–H groups in total. The first-order valence-corrected chi connectivity index (χ1v) is 7.57. The zero-order valence-electron chi connectivity index (χ0n) is 14.5. The summed E-state index contributed by atoms with van der Waals surface area (Å²) in [5.74, 6) is 1.89. The summed E-state index contributed by atoms with van der Waals surface area (Å²) in [6.07, 6.45) is 1.64. The summed E-state index contributed by atoms with van der Waals surface area (Å²) in [5.41, 5.74) is 0.997. The number of ether oxygens (including phenoxy) is 4. The zero-order chi connectivity index (χ0) is 18.2. The number of methoxy groups -OCH3 is 3. The zero-order valence-corrected chi connectivity index (χ0v) is 14.5. The molecule has 6 nitrogen and oxygen atoms in total. The van der Waals surface area contributed by atoms with E-state index in [-0.39, 0.29) is 5.91 Å². The number of carbonyl (C=O) groups excluding carboxylic acids is 1. The lowest BCUT2D eigenvalue weighted by Crippen LogP contribution is -2.12. The van der Waals surface area contributed by atoms with Gasteiger partial charge in [0, 0.05) is 29.4 Å². The molecule has 0 saturated carbocycles. The Morgan fingerprint density at radius 2 is 1.68 bits per heavy atom. The fraction of sp³-hybridized carbons (Fsp3) is 0.211. The van der Waals surface area contributed by atoms with Crippen molar-refractivity contribution in [2.45, 2.75) is 0 Å². The molecule has 0 spiro atoms. The molecule has 0 unspecified atom stereocenters. The summed E-state index contributed by atoms with van der Waals surface area (Å²) in [6.45, 7) is 3.95. The maximum absolute atomic E-state index is 12.5. The van der Waals surface area contributed by atoms with Crippen molar-refractivity contribution in [2.75, 3.05) is 33.3 Å². The molecule has 0 aliphatic carbocycles. The topological polar surface area (TPSA) is 66.0 Å². The maximum Gasteiger partial charge on any atom is 0.255 e. The number of nitrogens with one attached hydrogen (secondary N) is 1. The summed E-state index contributed by atoms with van der Waals surface area (Å²) in [4.78, 5) is 12.5. The van der Waals surface area contributed by atoms with Crippen LogP contribution in [0.25, 0.3) is 0 Å². The second kappa shape index (κ2) is 8.63. The number of anilines is 1. The highest BCUT2D eigenvalue weighted by Crippen LogP contribution is 2.29. The normalized spacial score (nSPS) is 9.88. The summed E-state index contributed by atoms with van der Waals surface area (Å²) in [7, 11) is 4.62. The second-order valence-corrected chi connectivity index (χ2v) is 5.02. The van der Waals surface area contributed by atoms with E-state index in [0.29, 0.717) is 40.9 Å². The molecule has 0 aromatic heterocycles. The first kappa shape index (κ1) is 18.2. The maximum atomic E-state index is 12.5. The molecule has 2 aromatic rings. The van der Waals surface area contributed by atoms with Crippen molar-refractivity contribution in [1.29, 1.82) is 0 Å². The average Bonchev–Trinajstić information content (AvgIpc) is 2.65. The van der Waals surface area contributed by atoms with Crippen molar-refractivity contribution < 1.29 is 23.7 Å². The van der Waals surface area contributed by atoms with E-state index in [1.807, 2.05) is 0 Å². The van der Waals surface area contributed by atoms with Crippen LogP contribution in [0.15, 0.2) is 49.1 Å². The Balaban J connectivity index is 2.22. The Bertz CT molecular complexity index is 735. The first-order chi connectivity index (χ1) is 12.1. The van der Waals surface area contributed by atoms with Gasteiger partial charge in [0.05, 0.1) is 21.3 Å². The minimum atomic E-state index is -0.288. The van der Waals surface area contributed by atoms with Gasteiger partial charge in [-0.05, 0) is 18.2 Å². The van der Waals surface area contributed by atoms with E-state index in [1.54, 1.807) is 56.7 Å². The van der Waals surface area contributed by atoms with Crippen molar-refractivity contribution in [1.82, 2.24) is 0 Å². The van der Waals surface area contributed by atoms with Crippen LogP contribution in [-0.2, 0) is 0 Å². The Morgan fingerprint density at radius 1 is 1.00 bits per heavy atom. The summed E-state index contributed by atoms with van der Waals surface area (Å²) in [5, 5.41) is 2.81. The van der Waals surface area contributed by atoms with E-state index in [9.17, 15) is 4.79 Å². The van der Waals surface area contributed by atoms with E-state index in [0.717, 1.165) is 0 Å². The number of benzene rings is 2. The van der Waals surface area contributed by atoms with Crippen molar-refractivity contribution in [3.63, 3.8) is 0 Å². The van der Waals surface area contributed by atoms with Crippen LogP contribution in [0.2, 0.25) is 0 Å². The SMILES string of the molecule is C=CCOc1ccc(C(=O)Nc2cc(OC)cc(OC)c2)cc1OC. The molecule has 6 heteroatoms. The van der Waals surface area contributed by atoms with Gasteiger partial charge < -0.3 is 24.3 Å². The molecule has 1 amide bonds. The molecule has 0 saturated heterocycles. The molecular weight excluding hydrogens is 322 g/mol. The Morgan fingerprint density at radius 3 is 2.24 bits per heavy atom. The van der Waals surface area contributed by atoms with Crippen molar-refractivity contribution in [2.24, 2.45) is 0 Å². The van der Waals surface area contributed by atoms with Gasteiger partial charge in [-0.1, -0.05) is 12.7 Å². The standard InChI is InChI=1S/C19H21NO5/c1-5-8-25-17-7-6-13(9-18(17)24-4)19(21)20-14-10-15(22-2)12-16(11-14)23-3/h5-7,9-12H,1,8H2,2-4H3,(H,20,21). The lowest BCUT2D eigenvalue weighted by atomic mass is 10.1. The van der Waals surface area contributed by atoms with E-state index in [4.69, 9.17) is 18.9 Å². The highest BCUT2D eigenvalue weighted by Gasteiger charge is 2.12. The molecule has 0 radical (unpaired) electrons. The Kier molecular flexibility index (Phi) is 6.28. The van der Waals surface area contributed by atoms with Gasteiger partial charge in [0.2, 0.25) is 0 Å². The molecule has 0 heterocycles. The lowest BCUT2D eigenvalue weighted by molar-refractivity contribution is 0.102. The van der Waals surface area contributed by atoms with Crippen LogP contribution in [0.3, 0.4) is 0 Å². The number of hydrogen-bond acceptors (Lipinski definition) is 5. The molecular formula is C19H21NO5. The highest BCUT2D eigenvalue weighted by molar-refractivity contribution is 6.04. The van der Waals surface area contributed by atoms with Crippen molar-refractivity contribution in [3.05, 3.63) is 54.6 Å². The van der Waals surface area contributed by atoms with Gasteiger partial charge in [-0.3, -0.25) is 4.79 Å². The number of hydrogen-bond donors (Lipinski definition) is 1. The molecule has 0 aliphatic rings. The van der Waals surface area contributed by atoms with Gasteiger partial charge >= 0.3 is 0 Å². The number of carbonyl (C=O) groups is 1. The molecule has 25 heavy (non-hydrogen) atoms. The highest BCUT2D eigenvalue weighted by atomic mass is 16.5. The van der Waals surface area contributed by atoms with Gasteiger partial charge in [-0.2, -0.15) is 0 Å². The van der Waals surface area contributed by atoms with Gasteiger partial charge in [0.25, 0.3) is 5.91 Å². The predicted octanol–water partition coefficient (Wildman–Crippen LogP) is 3.53. The molecule has 132 valence electrons. The largest absolute Gasteiger partial charge is 0.497 e. The predicted molar refractivity (Wildman–Crippen MR) is 96.2 cm³/mol. The fourth-order valence-electron chi connectivity index (χ4n) is 2.16. The second-order valence-electron chi connectivity index (χ2n) is 5.02. The third-order valence-electron chi connectivity index (χ3n) is 3.39. The Hall–Kier alpha value is -3.15. The fourth-order valence-corrected chi connectivity index (χ4v) is 2.16. The minimum absolute atomic E-state index is 0.288. The summed E-state index contributed by atoms with van der Waals surface area (Å²) >= 11 is 0. The van der Waals surface area contributed by atoms with Crippen LogP contribution in [0, 0.1) is 0 Å². The van der Waals surface area contributed by atoms with Crippen LogP contribution in [0.4, 0.5) is 5.69 Å². The molecule has 2 aromatic carbocycles. The molecule has 2 rings (SSSR count). The molecule has 0 aliphatic heterocycles. The van der Waals surface area contributed by atoms with Crippen LogP contribution in [-0.4, -0.2) is 33.8 Å². The third-order valence-corrected chi connectivity index (χ3v) is 3.39. The van der Waals surface area contributed by atoms with E-state index < -0.39 is 0 Å². The minimum Gasteiger partial charge on any atom is -0.497 e. The van der Waals surface area contributed by atoms with Crippen molar-refractivity contribution in [3.8, 4) is 23.0 Å². The summed E-state index contributed by atoms with van der Waals surface area (Å²) < 4.78 is 21.2. The van der Waals surface area contributed by atoms with Gasteiger partial charge in [-0.15, -0.1) is 0 Å². The van der Waals surface area contributed by atoms with Gasteiger partial charge in [0.15, 0.2) is 11.5 Å². The van der Waals surface area contributed by atoms with E-state index >= 15 is 0 Å². The molecule has 0 fully saturated rings. The summed E-state index contributed by atoms with van der Waals surface area (Å²) in [6, 6.07) is 10.1. The van der Waals surface area contributed by atoms with Crippen molar-refractivity contribution >= 4 is 11.6 Å². The van der Waals surface area contributed by atoms with Crippen LogP contribution < -0.4 is 24.3 Å². The van der Waals surface area contributed by atoms with E-state index in [2.05, 4.69) is 11.9 Å². The smallest absolute Gasteiger partial charge is 0.255 e. The van der Waals surface area contributed by atoms with E-state index in [1.165, 1.54) is 7.11 Å². The quantitative estimate of drug-likeness (QED) is 0.743. The van der Waals surface area contributed by atoms with Crippen LogP contribution >= 0.6 is 0 Å². The molecule has 0 atom stereocenters.